The number of aromatic nitrogens is 4. The smallest absolute Gasteiger partial charge is 0.191 e. The van der Waals surface area contributed by atoms with Crippen LogP contribution in [0.5, 0.6) is 0 Å². The molecule has 3 heterocycles. The van der Waals surface area contributed by atoms with Gasteiger partial charge in [0.2, 0.25) is 0 Å². The average Bonchev–Trinajstić information content (AvgIpc) is 3.16. The molecule has 0 unspecified atom stereocenters. The van der Waals surface area contributed by atoms with E-state index in [4.69, 9.17) is 4.99 Å². The zero-order valence-corrected chi connectivity index (χ0v) is 20.1. The van der Waals surface area contributed by atoms with Gasteiger partial charge in [0.05, 0.1) is 5.01 Å². The zero-order valence-electron chi connectivity index (χ0n) is 16.9. The molecule has 3 rings (SSSR count). The molecule has 2 aromatic heterocycles. The molecule has 2 N–H and O–H groups in total. The molecule has 1 aliphatic rings. The lowest BCUT2D eigenvalue weighted by atomic mass is 10.2. The molecular weight excluding hydrogens is 485 g/mol. The summed E-state index contributed by atoms with van der Waals surface area (Å²) < 4.78 is 2.33. The first-order valence-electron chi connectivity index (χ1n) is 10.1. The van der Waals surface area contributed by atoms with Crippen LogP contribution in [0.2, 0.25) is 0 Å². The van der Waals surface area contributed by atoms with Crippen LogP contribution < -0.4 is 10.6 Å². The molecule has 0 saturated carbocycles. The summed E-state index contributed by atoms with van der Waals surface area (Å²) in [5.74, 6) is 3.17. The van der Waals surface area contributed by atoms with Crippen molar-refractivity contribution in [3.63, 3.8) is 0 Å². The minimum absolute atomic E-state index is 0. The fourth-order valence-corrected chi connectivity index (χ4v) is 4.09. The number of guanidine groups is 1. The van der Waals surface area contributed by atoms with E-state index in [-0.39, 0.29) is 24.0 Å². The average molecular weight is 517 g/mol. The Bertz CT molecular complexity index is 740. The Kier molecular flexibility index (Phi) is 10.2. The van der Waals surface area contributed by atoms with Crippen LogP contribution in [0.4, 0.5) is 0 Å². The molecule has 7 nitrogen and oxygen atoms in total. The quantitative estimate of drug-likeness (QED) is 0.244. The highest BCUT2D eigenvalue weighted by Gasteiger charge is 2.14. The van der Waals surface area contributed by atoms with E-state index in [1.165, 1.54) is 35.0 Å². The summed E-state index contributed by atoms with van der Waals surface area (Å²) in [7, 11) is 0. The lowest BCUT2D eigenvalue weighted by Crippen LogP contribution is -2.38. The second-order valence-corrected chi connectivity index (χ2v) is 8.22. The summed E-state index contributed by atoms with van der Waals surface area (Å²) in [5.41, 5.74) is 0. The largest absolute Gasteiger partial charge is 0.357 e. The number of aryl methyl sites for hydroxylation is 3. The van der Waals surface area contributed by atoms with Crippen LogP contribution in [0.25, 0.3) is 0 Å². The molecule has 0 spiro atoms. The van der Waals surface area contributed by atoms with Gasteiger partial charge in [-0.15, -0.1) is 45.5 Å². The summed E-state index contributed by atoms with van der Waals surface area (Å²) in [4.78, 5) is 10.4. The SMILES string of the molecule is CCNC(=NCCCc1nnc2n1CCCCC2)NCCc1ncc(C)s1.I. The number of nitrogens with zero attached hydrogens (tertiary/aromatic N) is 5. The number of thiazole rings is 1. The molecule has 0 radical (unpaired) electrons. The van der Waals surface area contributed by atoms with Gasteiger partial charge in [0.25, 0.3) is 0 Å². The summed E-state index contributed by atoms with van der Waals surface area (Å²) >= 11 is 1.76. The van der Waals surface area contributed by atoms with Crippen molar-refractivity contribution in [1.29, 1.82) is 0 Å². The predicted octanol–water partition coefficient (Wildman–Crippen LogP) is 3.12. The van der Waals surface area contributed by atoms with Crippen molar-refractivity contribution in [2.75, 3.05) is 19.6 Å². The number of aliphatic imine (C=N–C) groups is 1. The van der Waals surface area contributed by atoms with E-state index in [1.54, 1.807) is 11.3 Å². The van der Waals surface area contributed by atoms with Crippen molar-refractivity contribution in [3.8, 4) is 0 Å². The van der Waals surface area contributed by atoms with Gasteiger partial charge in [-0.1, -0.05) is 6.42 Å². The van der Waals surface area contributed by atoms with Crippen molar-refractivity contribution in [1.82, 2.24) is 30.4 Å². The Morgan fingerprint density at radius 2 is 2.11 bits per heavy atom. The Labute approximate surface area is 188 Å². The van der Waals surface area contributed by atoms with Gasteiger partial charge in [0.1, 0.15) is 11.6 Å². The standard InChI is InChI=1S/C19H31N7S.HI/c1-3-20-19(22-12-10-18-23-14-15(2)27-18)21-11-7-9-17-25-24-16-8-5-4-6-13-26(16)17;/h14H,3-13H2,1-2H3,(H2,20,21,22);1H. The lowest BCUT2D eigenvalue weighted by Gasteiger charge is -2.10. The Balaban J connectivity index is 0.00000280. The van der Waals surface area contributed by atoms with Crippen LogP contribution >= 0.6 is 35.3 Å². The third-order valence-corrected chi connectivity index (χ3v) is 5.63. The predicted molar refractivity (Wildman–Crippen MR) is 126 cm³/mol. The minimum Gasteiger partial charge on any atom is -0.357 e. The number of halogens is 1. The lowest BCUT2D eigenvalue weighted by molar-refractivity contribution is 0.597. The van der Waals surface area contributed by atoms with E-state index in [1.807, 2.05) is 6.20 Å². The van der Waals surface area contributed by atoms with Gasteiger partial charge in [0, 0.05) is 56.5 Å². The van der Waals surface area contributed by atoms with Gasteiger partial charge in [-0.3, -0.25) is 4.99 Å². The molecule has 156 valence electrons. The Morgan fingerprint density at radius 3 is 2.89 bits per heavy atom. The maximum Gasteiger partial charge on any atom is 0.191 e. The molecule has 2 aromatic rings. The van der Waals surface area contributed by atoms with Crippen molar-refractivity contribution in [3.05, 3.63) is 27.7 Å². The highest BCUT2D eigenvalue weighted by Crippen LogP contribution is 2.15. The van der Waals surface area contributed by atoms with Crippen LogP contribution in [-0.2, 0) is 25.8 Å². The first kappa shape index (κ1) is 23.1. The van der Waals surface area contributed by atoms with E-state index < -0.39 is 0 Å². The van der Waals surface area contributed by atoms with Crippen LogP contribution in [0.1, 0.15) is 54.1 Å². The second kappa shape index (κ2) is 12.4. The van der Waals surface area contributed by atoms with Crippen LogP contribution in [0.3, 0.4) is 0 Å². The molecule has 0 atom stereocenters. The van der Waals surface area contributed by atoms with Crippen molar-refractivity contribution < 1.29 is 0 Å². The second-order valence-electron chi connectivity index (χ2n) is 6.90. The van der Waals surface area contributed by atoms with E-state index in [2.05, 4.69) is 44.2 Å². The van der Waals surface area contributed by atoms with Crippen LogP contribution in [-0.4, -0.2) is 45.3 Å². The van der Waals surface area contributed by atoms with Gasteiger partial charge >= 0.3 is 0 Å². The third-order valence-electron chi connectivity index (χ3n) is 4.66. The summed E-state index contributed by atoms with van der Waals surface area (Å²) in [5, 5.41) is 16.7. The molecule has 0 aromatic carbocycles. The third kappa shape index (κ3) is 6.98. The maximum absolute atomic E-state index is 4.70. The number of rotatable bonds is 8. The fourth-order valence-electron chi connectivity index (χ4n) is 3.30. The summed E-state index contributed by atoms with van der Waals surface area (Å²) in [6.07, 6.45) is 9.63. The summed E-state index contributed by atoms with van der Waals surface area (Å²) in [6, 6.07) is 0. The van der Waals surface area contributed by atoms with Gasteiger partial charge < -0.3 is 15.2 Å². The van der Waals surface area contributed by atoms with Gasteiger partial charge in [-0.05, 0) is 33.1 Å². The Hall–Kier alpha value is -1.23. The fraction of sp³-hybridized carbons (Fsp3) is 0.684. The maximum atomic E-state index is 4.70. The number of hydrogen-bond donors (Lipinski definition) is 2. The number of fused-ring (bicyclic) bond motifs is 1. The van der Waals surface area contributed by atoms with Crippen LogP contribution in [0.15, 0.2) is 11.2 Å². The molecule has 28 heavy (non-hydrogen) atoms. The summed E-state index contributed by atoms with van der Waals surface area (Å²) in [6.45, 7) is 7.74. The number of hydrogen-bond acceptors (Lipinski definition) is 5. The molecule has 0 aliphatic carbocycles. The van der Waals surface area contributed by atoms with Gasteiger partial charge in [0.15, 0.2) is 5.96 Å². The van der Waals surface area contributed by atoms with Gasteiger partial charge in [-0.2, -0.15) is 0 Å². The first-order chi connectivity index (χ1) is 13.3. The van der Waals surface area contributed by atoms with Crippen molar-refractivity contribution in [2.45, 2.75) is 65.3 Å². The first-order valence-corrected chi connectivity index (χ1v) is 10.9. The minimum atomic E-state index is 0. The van der Waals surface area contributed by atoms with Crippen molar-refractivity contribution in [2.24, 2.45) is 4.99 Å². The number of nitrogens with one attached hydrogen (secondary N) is 2. The molecule has 0 saturated heterocycles. The van der Waals surface area contributed by atoms with E-state index >= 15 is 0 Å². The van der Waals surface area contributed by atoms with E-state index in [9.17, 15) is 0 Å². The molecule has 9 heteroatoms. The zero-order chi connectivity index (χ0) is 18.9. The Morgan fingerprint density at radius 1 is 1.21 bits per heavy atom. The highest BCUT2D eigenvalue weighted by atomic mass is 127. The molecule has 0 amide bonds. The topological polar surface area (TPSA) is 80.0 Å². The molecular formula is C19H32IN7S. The highest BCUT2D eigenvalue weighted by molar-refractivity contribution is 14.0. The molecule has 0 bridgehead atoms. The molecule has 0 fully saturated rings. The normalized spacial score (nSPS) is 14.1. The van der Waals surface area contributed by atoms with Crippen molar-refractivity contribution >= 4 is 41.3 Å². The van der Waals surface area contributed by atoms with E-state index in [0.717, 1.165) is 63.6 Å². The monoisotopic (exact) mass is 517 g/mol. The van der Waals surface area contributed by atoms with Crippen LogP contribution in [0, 0.1) is 6.92 Å². The molecule has 1 aliphatic heterocycles. The van der Waals surface area contributed by atoms with Gasteiger partial charge in [-0.25, -0.2) is 4.98 Å². The van der Waals surface area contributed by atoms with E-state index in [0.29, 0.717) is 0 Å².